The van der Waals surface area contributed by atoms with Crippen molar-refractivity contribution in [2.75, 3.05) is 0 Å². The third-order valence-corrected chi connectivity index (χ3v) is 3.14. The Labute approximate surface area is 126 Å². The Morgan fingerprint density at radius 3 is 1.19 bits per heavy atom. The fraction of sp³-hybridized carbons (Fsp3) is 0.143. The van der Waals surface area contributed by atoms with E-state index in [1.54, 1.807) is 0 Å². The zero-order valence-corrected chi connectivity index (χ0v) is 13.6. The Morgan fingerprint density at radius 2 is 1.00 bits per heavy atom. The molecule has 0 aliphatic rings. The largest absolute Gasteiger partial charge is 0.745 e. The fourth-order valence-electron chi connectivity index (χ4n) is 1.32. The minimum atomic E-state index is -2.92. The van der Waals surface area contributed by atoms with Gasteiger partial charge < -0.3 is 0 Å². The predicted octanol–water partition coefficient (Wildman–Crippen LogP) is 4.68. The molecule has 2 atom stereocenters. The highest BCUT2D eigenvalue weighted by molar-refractivity contribution is 7.46. The molecule has 0 aliphatic heterocycles. The van der Waals surface area contributed by atoms with E-state index in [9.17, 15) is 9.13 Å². The second-order valence-electron chi connectivity index (χ2n) is 3.29. The van der Waals surface area contributed by atoms with Crippen LogP contribution in [0.15, 0.2) is 60.7 Å². The van der Waals surface area contributed by atoms with Crippen LogP contribution in [0.3, 0.4) is 0 Å². The van der Waals surface area contributed by atoms with Crippen LogP contribution in [0.4, 0.5) is 0 Å². The van der Waals surface area contributed by atoms with E-state index < -0.39 is 16.5 Å². The molecule has 2 aromatic carbocycles. The summed E-state index contributed by atoms with van der Waals surface area (Å²) < 4.78 is 22.2. The van der Waals surface area contributed by atoms with Crippen molar-refractivity contribution in [3.8, 4) is 11.1 Å². The lowest BCUT2D eigenvalue weighted by Gasteiger charge is -1.98. The first-order chi connectivity index (χ1) is 10.1. The molecular weight excluding hydrogens is 310 g/mol. The van der Waals surface area contributed by atoms with Gasteiger partial charge in [-0.1, -0.05) is 74.5 Å². The van der Waals surface area contributed by atoms with Crippen molar-refractivity contribution in [3.05, 3.63) is 60.7 Å². The summed E-state index contributed by atoms with van der Waals surface area (Å²) in [4.78, 5) is 15.3. The zero-order valence-electron chi connectivity index (χ0n) is 11.8. The maximum Gasteiger partial charge on any atom is 0.745 e. The molecule has 0 aliphatic carbocycles. The highest BCUT2D eigenvalue weighted by atomic mass is 31.2. The summed E-state index contributed by atoms with van der Waals surface area (Å²) in [5.74, 6) is 0. The van der Waals surface area contributed by atoms with Crippen molar-refractivity contribution in [2.45, 2.75) is 13.8 Å². The average molecular weight is 328 g/mol. The molecule has 2 unspecified atom stereocenters. The molecule has 5 nitrogen and oxygen atoms in total. The highest BCUT2D eigenvalue weighted by Crippen LogP contribution is 2.30. The minimum Gasteiger partial charge on any atom is -0.131 e. The molecule has 112 valence electrons. The molecule has 0 heterocycles. The molecule has 0 bridgehead atoms. The minimum absolute atomic E-state index is 1.28. The number of hydrogen-bond acceptors (Lipinski definition) is 3. The molecular formula is C14H18O5P2+2. The maximum absolute atomic E-state index is 9.39. The van der Waals surface area contributed by atoms with Gasteiger partial charge in [0.2, 0.25) is 0 Å². The van der Waals surface area contributed by atoms with Crippen LogP contribution >= 0.6 is 16.5 Å². The van der Waals surface area contributed by atoms with Gasteiger partial charge in [-0.05, 0) is 11.1 Å². The van der Waals surface area contributed by atoms with E-state index in [0.29, 0.717) is 0 Å². The van der Waals surface area contributed by atoms with E-state index in [4.69, 9.17) is 9.79 Å². The summed E-state index contributed by atoms with van der Waals surface area (Å²) in [6.45, 7) is 4.00. The van der Waals surface area contributed by atoms with Gasteiger partial charge in [0.25, 0.3) is 0 Å². The van der Waals surface area contributed by atoms with Crippen molar-refractivity contribution in [1.82, 2.24) is 0 Å². The van der Waals surface area contributed by atoms with Crippen LogP contribution < -0.4 is 0 Å². The van der Waals surface area contributed by atoms with Crippen molar-refractivity contribution in [3.63, 3.8) is 0 Å². The molecule has 2 aromatic rings. The standard InChI is InChI=1S/C12H10.C2H6.O5P2/c1-3-7-11(8-4-1)12-9-5-2-6-10-12;1-2;1-6(2)5-7(3)4/h1-10H;1-2H3;/p+2. The van der Waals surface area contributed by atoms with Crippen molar-refractivity contribution >= 4 is 16.5 Å². The van der Waals surface area contributed by atoms with Gasteiger partial charge in [0, 0.05) is 9.13 Å². The molecule has 0 radical (unpaired) electrons. The lowest BCUT2D eigenvalue weighted by Crippen LogP contribution is -1.73. The van der Waals surface area contributed by atoms with Gasteiger partial charge in [-0.25, -0.2) is 0 Å². The van der Waals surface area contributed by atoms with Crippen LogP contribution in [-0.2, 0) is 13.4 Å². The first kappa shape index (κ1) is 19.5. The molecule has 0 fully saturated rings. The Balaban J connectivity index is 0.000000385. The topological polar surface area (TPSA) is 83.8 Å². The monoisotopic (exact) mass is 328 g/mol. The fourth-order valence-corrected chi connectivity index (χ4v) is 1.80. The Hall–Kier alpha value is -1.48. The van der Waals surface area contributed by atoms with Crippen LogP contribution in [0.5, 0.6) is 0 Å². The quantitative estimate of drug-likeness (QED) is 0.799. The third kappa shape index (κ3) is 9.97. The Morgan fingerprint density at radius 1 is 0.714 bits per heavy atom. The van der Waals surface area contributed by atoms with Gasteiger partial charge in [-0.15, -0.1) is 9.79 Å². The van der Waals surface area contributed by atoms with Crippen LogP contribution in [0, 0.1) is 0 Å². The number of benzene rings is 2. The SMILES string of the molecule is CC.O=[P+](O)O[P+](=O)O.c1ccc(-c2ccccc2)cc1. The van der Waals surface area contributed by atoms with Gasteiger partial charge in [0.1, 0.15) is 0 Å². The molecule has 0 saturated carbocycles. The highest BCUT2D eigenvalue weighted by Gasteiger charge is 2.31. The predicted molar refractivity (Wildman–Crippen MR) is 84.0 cm³/mol. The Bertz CT molecular complexity index is 482. The van der Waals surface area contributed by atoms with E-state index in [1.807, 2.05) is 26.0 Å². The van der Waals surface area contributed by atoms with Gasteiger partial charge in [-0.2, -0.15) is 0 Å². The van der Waals surface area contributed by atoms with Gasteiger partial charge in [0.05, 0.1) is 0 Å². The Kier molecular flexibility index (Phi) is 11.4. The van der Waals surface area contributed by atoms with Crippen molar-refractivity contribution < 1.29 is 23.2 Å². The number of rotatable bonds is 3. The van der Waals surface area contributed by atoms with Gasteiger partial charge in [-0.3, -0.25) is 0 Å². The molecule has 0 spiro atoms. The summed E-state index contributed by atoms with van der Waals surface area (Å²) in [5, 5.41) is 0. The second kappa shape index (κ2) is 12.3. The zero-order chi connectivity index (χ0) is 16.1. The normalized spacial score (nSPS) is 10.3. The smallest absolute Gasteiger partial charge is 0.131 e. The van der Waals surface area contributed by atoms with Crippen LogP contribution in [0.1, 0.15) is 13.8 Å². The molecule has 2 N–H and O–H groups in total. The van der Waals surface area contributed by atoms with E-state index in [1.165, 1.54) is 11.1 Å². The molecule has 0 aromatic heterocycles. The van der Waals surface area contributed by atoms with E-state index in [2.05, 4.69) is 52.8 Å². The van der Waals surface area contributed by atoms with E-state index in [-0.39, 0.29) is 0 Å². The van der Waals surface area contributed by atoms with E-state index in [0.717, 1.165) is 0 Å². The summed E-state index contributed by atoms with van der Waals surface area (Å²) in [5.41, 5.74) is 2.55. The van der Waals surface area contributed by atoms with Crippen molar-refractivity contribution in [2.24, 2.45) is 0 Å². The lowest BCUT2D eigenvalue weighted by molar-refractivity contribution is 0.371. The first-order valence-corrected chi connectivity index (χ1v) is 8.46. The van der Waals surface area contributed by atoms with Crippen molar-refractivity contribution in [1.29, 1.82) is 0 Å². The summed E-state index contributed by atoms with van der Waals surface area (Å²) in [6, 6.07) is 20.8. The van der Waals surface area contributed by atoms with Crippen LogP contribution in [0.2, 0.25) is 0 Å². The summed E-state index contributed by atoms with van der Waals surface area (Å²) in [7, 11) is -5.85. The first-order valence-electron chi connectivity index (χ1n) is 6.20. The maximum atomic E-state index is 9.39. The third-order valence-electron chi connectivity index (χ3n) is 2.02. The lowest BCUT2D eigenvalue weighted by atomic mass is 10.1. The summed E-state index contributed by atoms with van der Waals surface area (Å²) >= 11 is 0. The van der Waals surface area contributed by atoms with Gasteiger partial charge in [0.15, 0.2) is 4.31 Å². The molecule has 0 saturated heterocycles. The average Bonchev–Trinajstić information content (AvgIpc) is 2.50. The molecule has 2 rings (SSSR count). The van der Waals surface area contributed by atoms with Crippen LogP contribution in [0.25, 0.3) is 11.1 Å². The second-order valence-corrected chi connectivity index (χ2v) is 4.89. The van der Waals surface area contributed by atoms with Gasteiger partial charge >= 0.3 is 16.5 Å². The summed E-state index contributed by atoms with van der Waals surface area (Å²) in [6.07, 6.45) is 0. The molecule has 7 heteroatoms. The molecule has 0 amide bonds. The van der Waals surface area contributed by atoms with Crippen LogP contribution in [-0.4, -0.2) is 9.79 Å². The van der Waals surface area contributed by atoms with E-state index >= 15 is 0 Å². The number of hydrogen-bond donors (Lipinski definition) is 2. The molecule has 21 heavy (non-hydrogen) atoms.